The minimum Gasteiger partial charge on any atom is -0.384 e. The van der Waals surface area contributed by atoms with E-state index in [-0.39, 0.29) is 12.0 Å². The van der Waals surface area contributed by atoms with Crippen molar-refractivity contribution in [3.05, 3.63) is 0 Å². The van der Waals surface area contributed by atoms with Gasteiger partial charge in [-0.2, -0.15) is 0 Å². The van der Waals surface area contributed by atoms with E-state index in [0.29, 0.717) is 6.61 Å². The first kappa shape index (κ1) is 16.5. The van der Waals surface area contributed by atoms with E-state index < -0.39 is 7.60 Å². The number of hydrogen-bond donors (Lipinski definition) is 1. The van der Waals surface area contributed by atoms with Gasteiger partial charge < -0.3 is 14.2 Å². The molecule has 4 nitrogen and oxygen atoms in total. The molecule has 0 spiro atoms. The van der Waals surface area contributed by atoms with Gasteiger partial charge in [-0.15, -0.1) is 0 Å². The van der Waals surface area contributed by atoms with E-state index in [1.54, 1.807) is 14.0 Å². The van der Waals surface area contributed by atoms with E-state index in [2.05, 4.69) is 0 Å². The Bertz CT molecular complexity index is 166. The van der Waals surface area contributed by atoms with Crippen molar-refractivity contribution in [1.29, 1.82) is 0 Å². The summed E-state index contributed by atoms with van der Waals surface area (Å²) in [6.07, 6.45) is -0.259. The monoisotopic (exact) mass is 226 g/mol. The van der Waals surface area contributed by atoms with E-state index in [4.69, 9.17) is 14.2 Å². The zero-order valence-electron chi connectivity index (χ0n) is 9.98. The molecule has 5 heteroatoms. The molecule has 0 aromatic rings. The van der Waals surface area contributed by atoms with Crippen molar-refractivity contribution < 1.29 is 18.7 Å². The number of methoxy groups -OCH3 is 1. The van der Waals surface area contributed by atoms with Gasteiger partial charge in [0, 0.05) is 19.7 Å². The second kappa shape index (κ2) is 8.42. The number of hydrogen-bond acceptors (Lipinski definition) is 3. The van der Waals surface area contributed by atoms with Crippen molar-refractivity contribution in [3.8, 4) is 0 Å². The highest BCUT2D eigenvalue weighted by Crippen LogP contribution is 2.39. The lowest BCUT2D eigenvalue weighted by atomic mass is 10.1. The normalized spacial score (nSPS) is 18.8. The van der Waals surface area contributed by atoms with E-state index in [1.807, 2.05) is 20.8 Å². The smallest absolute Gasteiger partial charge is 0.325 e. The summed E-state index contributed by atoms with van der Waals surface area (Å²) in [6.45, 7) is 9.38. The molecule has 0 bridgehead atoms. The first-order valence-corrected chi connectivity index (χ1v) is 6.87. The van der Waals surface area contributed by atoms with Crippen LogP contribution in [0.3, 0.4) is 0 Å². The fourth-order valence-corrected chi connectivity index (χ4v) is 1.64. The summed E-state index contributed by atoms with van der Waals surface area (Å²) in [5.74, 6) is 0.121. The molecular formula is C9H23O4P. The standard InChI is InChI=1S/C7H17O4P.C2H6/c1-6(5-10-3)7(2)11-12(4,8)9;1-2/h6-7H,5H2,1-4H3,(H,8,9);1-2H3/t6-,7-;/m0./s1. The molecule has 1 N–H and O–H groups in total. The maximum absolute atomic E-state index is 10.8. The zero-order chi connectivity index (χ0) is 11.8. The van der Waals surface area contributed by atoms with Crippen molar-refractivity contribution in [2.45, 2.75) is 33.8 Å². The summed E-state index contributed by atoms with van der Waals surface area (Å²) in [7, 11) is -1.76. The summed E-state index contributed by atoms with van der Waals surface area (Å²) >= 11 is 0. The molecule has 88 valence electrons. The van der Waals surface area contributed by atoms with Gasteiger partial charge in [-0.3, -0.25) is 4.57 Å². The third-order valence-corrected chi connectivity index (χ3v) is 2.32. The number of ether oxygens (including phenoxy) is 1. The Morgan fingerprint density at radius 2 is 1.79 bits per heavy atom. The van der Waals surface area contributed by atoms with E-state index in [0.717, 1.165) is 0 Å². The molecule has 0 fully saturated rings. The van der Waals surface area contributed by atoms with Crippen LogP contribution in [0.4, 0.5) is 0 Å². The first-order valence-electron chi connectivity index (χ1n) is 4.84. The quantitative estimate of drug-likeness (QED) is 0.732. The Morgan fingerprint density at radius 1 is 1.36 bits per heavy atom. The van der Waals surface area contributed by atoms with Crippen molar-refractivity contribution in [3.63, 3.8) is 0 Å². The van der Waals surface area contributed by atoms with Crippen LogP contribution in [0.15, 0.2) is 0 Å². The lowest BCUT2D eigenvalue weighted by Gasteiger charge is -2.20. The minimum absolute atomic E-state index is 0.121. The molecule has 1 unspecified atom stereocenters. The molecule has 0 saturated carbocycles. The maximum atomic E-state index is 10.8. The molecule has 0 aliphatic rings. The molecule has 0 amide bonds. The largest absolute Gasteiger partial charge is 0.384 e. The average Bonchev–Trinajstić information content (AvgIpc) is 2.05. The van der Waals surface area contributed by atoms with Crippen LogP contribution < -0.4 is 0 Å². The van der Waals surface area contributed by atoms with Gasteiger partial charge in [0.15, 0.2) is 0 Å². The molecule has 0 aliphatic heterocycles. The summed E-state index contributed by atoms with van der Waals surface area (Å²) in [5, 5.41) is 0. The van der Waals surface area contributed by atoms with Crippen LogP contribution in [0.1, 0.15) is 27.7 Å². The van der Waals surface area contributed by atoms with Crippen molar-refractivity contribution in [1.82, 2.24) is 0 Å². The van der Waals surface area contributed by atoms with E-state index in [9.17, 15) is 4.57 Å². The zero-order valence-corrected chi connectivity index (χ0v) is 10.9. The predicted octanol–water partition coefficient (Wildman–Crippen LogP) is 2.52. The molecule has 0 aromatic heterocycles. The summed E-state index contributed by atoms with van der Waals surface area (Å²) in [5.41, 5.74) is 0. The highest BCUT2D eigenvalue weighted by atomic mass is 31.2. The van der Waals surface area contributed by atoms with Crippen molar-refractivity contribution in [2.24, 2.45) is 5.92 Å². The Balaban J connectivity index is 0. The Morgan fingerprint density at radius 3 is 2.07 bits per heavy atom. The third-order valence-electron chi connectivity index (χ3n) is 1.59. The number of rotatable bonds is 5. The maximum Gasteiger partial charge on any atom is 0.325 e. The fraction of sp³-hybridized carbons (Fsp3) is 1.00. The average molecular weight is 226 g/mol. The van der Waals surface area contributed by atoms with Gasteiger partial charge >= 0.3 is 7.60 Å². The van der Waals surface area contributed by atoms with Crippen molar-refractivity contribution in [2.75, 3.05) is 20.4 Å². The molecule has 0 aromatic carbocycles. The van der Waals surface area contributed by atoms with Crippen LogP contribution in [0, 0.1) is 5.92 Å². The molecule has 0 rings (SSSR count). The lowest BCUT2D eigenvalue weighted by molar-refractivity contribution is 0.0763. The van der Waals surface area contributed by atoms with Crippen LogP contribution in [0.5, 0.6) is 0 Å². The molecular weight excluding hydrogens is 203 g/mol. The van der Waals surface area contributed by atoms with Crippen molar-refractivity contribution >= 4 is 7.60 Å². The highest BCUT2D eigenvalue weighted by Gasteiger charge is 2.20. The van der Waals surface area contributed by atoms with Gasteiger partial charge in [0.1, 0.15) is 0 Å². The van der Waals surface area contributed by atoms with Gasteiger partial charge in [0.05, 0.1) is 12.7 Å². The molecule has 14 heavy (non-hydrogen) atoms. The Kier molecular flexibility index (Phi) is 9.95. The first-order chi connectivity index (χ1) is 6.37. The molecule has 0 saturated heterocycles. The Hall–Kier alpha value is 0.110. The predicted molar refractivity (Wildman–Crippen MR) is 58.7 cm³/mol. The lowest BCUT2D eigenvalue weighted by Crippen LogP contribution is -2.20. The van der Waals surface area contributed by atoms with Gasteiger partial charge in [0.2, 0.25) is 0 Å². The fourth-order valence-electron chi connectivity index (χ4n) is 0.811. The molecule has 3 atom stereocenters. The third kappa shape index (κ3) is 10.2. The molecule has 0 heterocycles. The second-order valence-electron chi connectivity index (χ2n) is 3.05. The van der Waals surface area contributed by atoms with Crippen LogP contribution in [-0.4, -0.2) is 31.4 Å². The van der Waals surface area contributed by atoms with Crippen LogP contribution in [0.25, 0.3) is 0 Å². The molecule has 0 radical (unpaired) electrons. The van der Waals surface area contributed by atoms with Gasteiger partial charge in [0.25, 0.3) is 0 Å². The van der Waals surface area contributed by atoms with Crippen LogP contribution >= 0.6 is 7.60 Å². The van der Waals surface area contributed by atoms with Gasteiger partial charge in [-0.1, -0.05) is 20.8 Å². The van der Waals surface area contributed by atoms with Crippen LogP contribution in [0.2, 0.25) is 0 Å². The highest BCUT2D eigenvalue weighted by molar-refractivity contribution is 7.51. The van der Waals surface area contributed by atoms with E-state index >= 15 is 0 Å². The van der Waals surface area contributed by atoms with E-state index in [1.165, 1.54) is 6.66 Å². The summed E-state index contributed by atoms with van der Waals surface area (Å²) < 4.78 is 20.6. The Labute approximate surface area is 87.1 Å². The van der Waals surface area contributed by atoms with Crippen LogP contribution in [-0.2, 0) is 13.8 Å². The SMILES string of the molecule is CC.COC[C@H](C)[C@H](C)OP(C)(=O)O. The van der Waals surface area contributed by atoms with Gasteiger partial charge in [-0.25, -0.2) is 0 Å². The molecule has 0 aliphatic carbocycles. The summed E-state index contributed by atoms with van der Waals surface area (Å²) in [6, 6.07) is 0. The second-order valence-corrected chi connectivity index (χ2v) is 4.86. The van der Waals surface area contributed by atoms with Gasteiger partial charge in [-0.05, 0) is 6.92 Å². The topological polar surface area (TPSA) is 55.8 Å². The minimum atomic E-state index is -3.35. The summed E-state index contributed by atoms with van der Waals surface area (Å²) in [4.78, 5) is 8.90.